The van der Waals surface area contributed by atoms with Gasteiger partial charge in [0.1, 0.15) is 0 Å². The first-order valence-electron chi connectivity index (χ1n) is 21.4. The molecule has 0 saturated carbocycles. The Morgan fingerprint density at radius 2 is 0.635 bits per heavy atom. The second-order valence-electron chi connectivity index (χ2n) is 16.0. The van der Waals surface area contributed by atoms with E-state index in [2.05, 4.69) is 246 Å². The van der Waals surface area contributed by atoms with Crippen LogP contribution in [0.2, 0.25) is 0 Å². The van der Waals surface area contributed by atoms with E-state index in [1.54, 1.807) is 0 Å². The van der Waals surface area contributed by atoms with Crippen LogP contribution in [-0.2, 0) is 0 Å². The molecule has 5 nitrogen and oxygen atoms in total. The van der Waals surface area contributed by atoms with Crippen molar-refractivity contribution in [3.63, 3.8) is 0 Å². The van der Waals surface area contributed by atoms with Crippen LogP contribution in [0.3, 0.4) is 0 Å². The van der Waals surface area contributed by atoms with Gasteiger partial charge < -0.3 is 0 Å². The highest BCUT2D eigenvalue weighted by molar-refractivity contribution is 7.19. The van der Waals surface area contributed by atoms with Crippen molar-refractivity contribution in [2.24, 2.45) is 0 Å². The lowest BCUT2D eigenvalue weighted by molar-refractivity contribution is 0.893. The molecule has 0 saturated heterocycles. The quantitative estimate of drug-likeness (QED) is 0.113. The summed E-state index contributed by atoms with van der Waals surface area (Å²) < 4.78 is 4.40. The van der Waals surface area contributed by atoms with E-state index in [1.807, 2.05) is 0 Å². The minimum absolute atomic E-state index is 0.555. The first-order valence-corrected chi connectivity index (χ1v) is 23.4. The molecule has 6 heteroatoms. The third kappa shape index (κ3) is 5.95. The summed E-state index contributed by atoms with van der Waals surface area (Å²) in [5, 5.41) is 9.83. The van der Waals surface area contributed by atoms with E-state index in [1.165, 1.54) is 20.7 Å². The SMILES string of the molecule is c1ccc(-c2ccc3c4ccccc4n(-c4nc(-c5ccc([Si](c6ccccc6)(c6ccccc6)c6ccccc6)cc5)nc(-n5c6ccccc6c6ccccc65)n4)c3c2)cc1. The van der Waals surface area contributed by atoms with Crippen LogP contribution in [-0.4, -0.2) is 32.2 Å². The van der Waals surface area contributed by atoms with E-state index in [0.717, 1.165) is 60.3 Å². The molecule has 0 spiro atoms. The van der Waals surface area contributed by atoms with Gasteiger partial charge in [-0.05, 0) is 56.1 Å². The van der Waals surface area contributed by atoms with Crippen molar-refractivity contribution in [3.8, 4) is 34.4 Å². The molecule has 3 heterocycles. The predicted octanol–water partition coefficient (Wildman–Crippen LogP) is 10.8. The molecule has 0 unspecified atom stereocenters. The van der Waals surface area contributed by atoms with Gasteiger partial charge >= 0.3 is 0 Å². The number of rotatable bonds is 8. The van der Waals surface area contributed by atoms with Crippen LogP contribution in [0.1, 0.15) is 0 Å². The van der Waals surface area contributed by atoms with Gasteiger partial charge in [-0.15, -0.1) is 0 Å². The van der Waals surface area contributed by atoms with Crippen molar-refractivity contribution in [2.75, 3.05) is 0 Å². The molecule has 9 aromatic carbocycles. The molecule has 0 fully saturated rings. The van der Waals surface area contributed by atoms with Crippen molar-refractivity contribution in [2.45, 2.75) is 0 Å². The molecule has 63 heavy (non-hydrogen) atoms. The highest BCUT2D eigenvalue weighted by atomic mass is 28.3. The topological polar surface area (TPSA) is 48.5 Å². The van der Waals surface area contributed by atoms with Gasteiger partial charge in [0, 0.05) is 27.1 Å². The van der Waals surface area contributed by atoms with Crippen molar-refractivity contribution in [1.29, 1.82) is 0 Å². The second kappa shape index (κ2) is 15.1. The number of hydrogen-bond acceptors (Lipinski definition) is 3. The van der Waals surface area contributed by atoms with Gasteiger partial charge in [-0.25, -0.2) is 0 Å². The molecule has 0 atom stereocenters. The van der Waals surface area contributed by atoms with E-state index in [0.29, 0.717) is 17.7 Å². The van der Waals surface area contributed by atoms with Crippen LogP contribution in [0.15, 0.2) is 237 Å². The highest BCUT2D eigenvalue weighted by Crippen LogP contribution is 2.36. The van der Waals surface area contributed by atoms with Crippen LogP contribution in [0.5, 0.6) is 0 Å². The third-order valence-electron chi connectivity index (χ3n) is 12.6. The monoisotopic (exact) mass is 821 g/mol. The van der Waals surface area contributed by atoms with Crippen molar-refractivity contribution in [1.82, 2.24) is 24.1 Å². The summed E-state index contributed by atoms with van der Waals surface area (Å²) in [6.07, 6.45) is 0. The number of benzene rings is 9. The molecular formula is C57H39N5Si. The largest absolute Gasteiger partial charge is 0.278 e. The maximum atomic E-state index is 5.43. The van der Waals surface area contributed by atoms with Gasteiger partial charge in [0.05, 0.1) is 22.1 Å². The number of aromatic nitrogens is 5. The van der Waals surface area contributed by atoms with Gasteiger partial charge in [0.25, 0.3) is 0 Å². The van der Waals surface area contributed by atoms with E-state index >= 15 is 0 Å². The van der Waals surface area contributed by atoms with Crippen LogP contribution in [0.4, 0.5) is 0 Å². The number of nitrogens with zero attached hydrogens (tertiary/aromatic N) is 5. The second-order valence-corrected chi connectivity index (χ2v) is 19.8. The fourth-order valence-corrected chi connectivity index (χ4v) is 14.5. The van der Waals surface area contributed by atoms with Crippen molar-refractivity contribution in [3.05, 3.63) is 237 Å². The smallest absolute Gasteiger partial charge is 0.240 e. The molecule has 0 N–H and O–H groups in total. The van der Waals surface area contributed by atoms with E-state index < -0.39 is 8.07 Å². The number of hydrogen-bond donors (Lipinski definition) is 0. The minimum Gasteiger partial charge on any atom is -0.278 e. The summed E-state index contributed by atoms with van der Waals surface area (Å²) >= 11 is 0. The Labute approximate surface area is 365 Å². The van der Waals surface area contributed by atoms with Gasteiger partial charge in [-0.2, -0.15) is 15.0 Å². The average Bonchev–Trinajstić information content (AvgIpc) is 3.88. The predicted molar refractivity (Wildman–Crippen MR) is 263 cm³/mol. The zero-order valence-corrected chi connectivity index (χ0v) is 35.3. The van der Waals surface area contributed by atoms with Crippen LogP contribution >= 0.6 is 0 Å². The number of fused-ring (bicyclic) bond motifs is 6. The van der Waals surface area contributed by atoms with Gasteiger partial charge in [0.15, 0.2) is 13.9 Å². The Hall–Kier alpha value is -8.19. The average molecular weight is 822 g/mol. The first kappa shape index (κ1) is 36.6. The van der Waals surface area contributed by atoms with Gasteiger partial charge in [0.2, 0.25) is 11.9 Å². The molecule has 0 bridgehead atoms. The molecular weight excluding hydrogens is 783 g/mol. The standard InChI is InChI=1S/C57H39N5Si/c1-5-19-40(20-6-1)42-35-38-50-49-29-15-18-32-53(49)62(54(50)39-42)57-59-55(58-56(60-57)61-51-30-16-13-27-47(51)48-28-14-17-31-52(48)61)41-33-36-46(37-34-41)63(43-21-7-2-8-22-43,44-23-9-3-10-24-44)45-25-11-4-12-26-45/h1-39H. The Kier molecular flexibility index (Phi) is 8.76. The molecule has 296 valence electrons. The minimum atomic E-state index is -2.75. The van der Waals surface area contributed by atoms with E-state index in [-0.39, 0.29) is 0 Å². The maximum Gasteiger partial charge on any atom is 0.240 e. The molecule has 12 aromatic rings. The Morgan fingerprint density at radius 3 is 1.11 bits per heavy atom. The van der Waals surface area contributed by atoms with Gasteiger partial charge in [-0.3, -0.25) is 9.13 Å². The van der Waals surface area contributed by atoms with Crippen LogP contribution in [0.25, 0.3) is 78.0 Å². The summed E-state index contributed by atoms with van der Waals surface area (Å²) in [6, 6.07) is 84.9. The molecule has 0 aliphatic carbocycles. The van der Waals surface area contributed by atoms with Crippen molar-refractivity contribution >= 4 is 72.4 Å². The summed E-state index contributed by atoms with van der Waals surface area (Å²) in [7, 11) is -2.75. The molecule has 0 aliphatic rings. The Bertz CT molecular complexity index is 3450. The van der Waals surface area contributed by atoms with Crippen LogP contribution < -0.4 is 20.7 Å². The Balaban J connectivity index is 1.12. The zero-order chi connectivity index (χ0) is 41.7. The fourth-order valence-electron chi connectivity index (χ4n) is 9.75. The molecule has 0 amide bonds. The van der Waals surface area contributed by atoms with Gasteiger partial charge in [-0.1, -0.05) is 212 Å². The number of para-hydroxylation sites is 3. The summed E-state index contributed by atoms with van der Waals surface area (Å²) in [6.45, 7) is 0. The highest BCUT2D eigenvalue weighted by Gasteiger charge is 2.41. The molecule has 0 aliphatic heterocycles. The normalized spacial score (nSPS) is 11.8. The maximum absolute atomic E-state index is 5.43. The summed E-state index contributed by atoms with van der Waals surface area (Å²) in [5.74, 6) is 1.71. The summed E-state index contributed by atoms with van der Waals surface area (Å²) in [5.41, 5.74) is 7.32. The lowest BCUT2D eigenvalue weighted by Gasteiger charge is -2.34. The third-order valence-corrected chi connectivity index (χ3v) is 17.4. The first-order chi connectivity index (χ1) is 31.3. The van der Waals surface area contributed by atoms with E-state index in [4.69, 9.17) is 15.0 Å². The summed E-state index contributed by atoms with van der Waals surface area (Å²) in [4.78, 5) is 16.2. The fraction of sp³-hybridized carbons (Fsp3) is 0. The van der Waals surface area contributed by atoms with Crippen molar-refractivity contribution < 1.29 is 0 Å². The molecule has 3 aromatic heterocycles. The molecule has 12 rings (SSSR count). The lowest BCUT2D eigenvalue weighted by Crippen LogP contribution is -2.74. The Morgan fingerprint density at radius 1 is 0.270 bits per heavy atom. The van der Waals surface area contributed by atoms with Crippen LogP contribution in [0, 0.1) is 0 Å². The lowest BCUT2D eigenvalue weighted by atomic mass is 10.0. The van der Waals surface area contributed by atoms with E-state index in [9.17, 15) is 0 Å². The molecule has 0 radical (unpaired) electrons. The zero-order valence-electron chi connectivity index (χ0n) is 34.3.